The molecule has 1 aromatic carbocycles. The maximum Gasteiger partial charge on any atom is 0.240 e. The van der Waals surface area contributed by atoms with E-state index in [1.54, 1.807) is 18.0 Å². The minimum atomic E-state index is -3.67. The number of furan rings is 1. The highest BCUT2D eigenvalue weighted by molar-refractivity contribution is 7.98. The highest BCUT2D eigenvalue weighted by Gasteiger charge is 2.21. The number of carbonyl (C=O) groups is 1. The summed E-state index contributed by atoms with van der Waals surface area (Å²) < 4.78 is 30.3. The number of nitrogens with one attached hydrogen (secondary N) is 1. The van der Waals surface area contributed by atoms with E-state index in [0.717, 1.165) is 34.2 Å². The first kappa shape index (κ1) is 21.9. The van der Waals surface area contributed by atoms with E-state index in [9.17, 15) is 13.2 Å². The van der Waals surface area contributed by atoms with Gasteiger partial charge >= 0.3 is 0 Å². The first-order valence-electron chi connectivity index (χ1n) is 8.06. The maximum absolute atomic E-state index is 12.2. The molecule has 0 bridgehead atoms. The Morgan fingerprint density at radius 1 is 1.26 bits per heavy atom. The van der Waals surface area contributed by atoms with E-state index in [1.807, 2.05) is 12.1 Å². The van der Waals surface area contributed by atoms with Crippen LogP contribution in [0.2, 0.25) is 10.0 Å². The molecule has 0 aliphatic carbocycles. The van der Waals surface area contributed by atoms with Gasteiger partial charge in [-0.15, -0.1) is 0 Å². The Labute approximate surface area is 173 Å². The number of amides is 1. The minimum Gasteiger partial charge on any atom is -0.468 e. The normalized spacial score (nSPS) is 11.4. The number of nitrogens with zero attached hydrogens (tertiary/aromatic N) is 1. The van der Waals surface area contributed by atoms with Crippen LogP contribution in [0.4, 0.5) is 5.69 Å². The Kier molecular flexibility index (Phi) is 8.34. The smallest absolute Gasteiger partial charge is 0.240 e. The summed E-state index contributed by atoms with van der Waals surface area (Å²) in [5, 5.41) is 3.31. The van der Waals surface area contributed by atoms with E-state index in [2.05, 4.69) is 5.32 Å². The van der Waals surface area contributed by atoms with Gasteiger partial charge in [0.2, 0.25) is 15.9 Å². The molecule has 1 N–H and O–H groups in total. The van der Waals surface area contributed by atoms with Crippen molar-refractivity contribution in [3.05, 3.63) is 52.4 Å². The van der Waals surface area contributed by atoms with Gasteiger partial charge in [0.05, 0.1) is 24.0 Å². The second-order valence-corrected chi connectivity index (χ2v) is 9.62. The van der Waals surface area contributed by atoms with Crippen LogP contribution in [-0.4, -0.2) is 39.4 Å². The van der Waals surface area contributed by atoms with Crippen molar-refractivity contribution in [2.45, 2.75) is 12.2 Å². The van der Waals surface area contributed by atoms with Crippen LogP contribution in [0.3, 0.4) is 0 Å². The SMILES string of the molecule is CS(=O)(=O)N(CC(=O)NCCCSCc1ccco1)c1cc(Cl)cc(Cl)c1. The summed E-state index contributed by atoms with van der Waals surface area (Å²) in [6.45, 7) is 0.118. The molecule has 10 heteroatoms. The summed E-state index contributed by atoms with van der Waals surface area (Å²) in [5.41, 5.74) is 0.249. The van der Waals surface area contributed by atoms with Gasteiger partial charge in [-0.1, -0.05) is 23.2 Å². The Balaban J connectivity index is 1.81. The van der Waals surface area contributed by atoms with Gasteiger partial charge in [0.15, 0.2) is 0 Å². The largest absolute Gasteiger partial charge is 0.468 e. The maximum atomic E-state index is 12.2. The monoisotopic (exact) mass is 450 g/mol. The van der Waals surface area contributed by atoms with Crippen LogP contribution in [0.25, 0.3) is 0 Å². The zero-order valence-electron chi connectivity index (χ0n) is 14.7. The minimum absolute atomic E-state index is 0.249. The molecule has 1 aromatic heterocycles. The van der Waals surface area contributed by atoms with Crippen molar-refractivity contribution in [2.24, 2.45) is 0 Å². The quantitative estimate of drug-likeness (QED) is 0.556. The second-order valence-electron chi connectivity index (χ2n) is 5.73. The zero-order valence-corrected chi connectivity index (χ0v) is 17.8. The van der Waals surface area contributed by atoms with Gasteiger partial charge < -0.3 is 9.73 Å². The van der Waals surface area contributed by atoms with Crippen molar-refractivity contribution >= 4 is 56.6 Å². The van der Waals surface area contributed by atoms with Gasteiger partial charge in [-0.3, -0.25) is 9.10 Å². The fraction of sp³-hybridized carbons (Fsp3) is 0.353. The summed E-state index contributed by atoms with van der Waals surface area (Å²) in [5.74, 6) is 2.14. The highest BCUT2D eigenvalue weighted by Crippen LogP contribution is 2.26. The van der Waals surface area contributed by atoms with Crippen LogP contribution in [0.1, 0.15) is 12.2 Å². The molecule has 27 heavy (non-hydrogen) atoms. The third kappa shape index (κ3) is 7.65. The van der Waals surface area contributed by atoms with Crippen LogP contribution in [0, 0.1) is 0 Å². The highest BCUT2D eigenvalue weighted by atomic mass is 35.5. The van der Waals surface area contributed by atoms with Crippen molar-refractivity contribution in [2.75, 3.05) is 29.4 Å². The first-order valence-corrected chi connectivity index (χ1v) is 11.8. The number of halogens is 2. The molecule has 0 saturated carbocycles. The molecule has 6 nitrogen and oxygen atoms in total. The average molecular weight is 451 g/mol. The zero-order chi connectivity index (χ0) is 19.9. The Morgan fingerprint density at radius 3 is 2.56 bits per heavy atom. The Bertz CT molecular complexity index is 838. The topological polar surface area (TPSA) is 79.6 Å². The predicted octanol–water partition coefficient (Wildman–Crippen LogP) is 3.79. The number of anilines is 1. The van der Waals surface area contributed by atoms with Crippen LogP contribution in [-0.2, 0) is 20.6 Å². The molecule has 0 atom stereocenters. The molecular formula is C17H20Cl2N2O4S2. The lowest BCUT2D eigenvalue weighted by molar-refractivity contribution is -0.119. The van der Waals surface area contributed by atoms with Gasteiger partial charge in [-0.25, -0.2) is 8.42 Å². The lowest BCUT2D eigenvalue weighted by Crippen LogP contribution is -2.40. The molecule has 0 spiro atoms. The van der Waals surface area contributed by atoms with Crippen LogP contribution < -0.4 is 9.62 Å². The van der Waals surface area contributed by atoms with E-state index >= 15 is 0 Å². The van der Waals surface area contributed by atoms with Crippen molar-refractivity contribution < 1.29 is 17.6 Å². The van der Waals surface area contributed by atoms with Gasteiger partial charge in [0, 0.05) is 16.6 Å². The molecule has 2 rings (SSSR count). The number of carbonyl (C=O) groups excluding carboxylic acids is 1. The first-order chi connectivity index (χ1) is 12.8. The lowest BCUT2D eigenvalue weighted by atomic mass is 10.3. The predicted molar refractivity (Wildman–Crippen MR) is 111 cm³/mol. The van der Waals surface area contributed by atoms with Crippen molar-refractivity contribution in [3.8, 4) is 0 Å². The van der Waals surface area contributed by atoms with Crippen molar-refractivity contribution in [1.82, 2.24) is 5.32 Å². The molecule has 2 aromatic rings. The molecule has 0 fully saturated rings. The third-order valence-electron chi connectivity index (χ3n) is 3.43. The van der Waals surface area contributed by atoms with Crippen molar-refractivity contribution in [3.63, 3.8) is 0 Å². The lowest BCUT2D eigenvalue weighted by Gasteiger charge is -2.22. The number of hydrogen-bond acceptors (Lipinski definition) is 5. The summed E-state index contributed by atoms with van der Waals surface area (Å²) in [7, 11) is -3.67. The number of rotatable bonds is 10. The average Bonchev–Trinajstić information content (AvgIpc) is 3.07. The molecule has 1 heterocycles. The van der Waals surface area contributed by atoms with Crippen LogP contribution in [0.5, 0.6) is 0 Å². The molecule has 0 unspecified atom stereocenters. The number of benzene rings is 1. The number of sulfonamides is 1. The Hall–Kier alpha value is -1.35. The van der Waals surface area contributed by atoms with Crippen molar-refractivity contribution in [1.29, 1.82) is 0 Å². The van der Waals surface area contributed by atoms with Gasteiger partial charge in [-0.2, -0.15) is 11.8 Å². The standard InChI is InChI=1S/C17H20Cl2N2O4S2/c1-27(23,24)21(15-9-13(18)8-14(19)10-15)11-17(22)20-5-3-7-26-12-16-4-2-6-25-16/h2,4,6,8-10H,3,5,7,11-12H2,1H3,(H,20,22). The second kappa shape index (κ2) is 10.3. The van der Waals surface area contributed by atoms with Gasteiger partial charge in [-0.05, 0) is 42.5 Å². The third-order valence-corrected chi connectivity index (χ3v) is 6.08. The molecule has 148 valence electrons. The fourth-order valence-electron chi connectivity index (χ4n) is 2.24. The van der Waals surface area contributed by atoms with E-state index in [-0.39, 0.29) is 12.2 Å². The summed E-state index contributed by atoms with van der Waals surface area (Å²) >= 11 is 13.6. The van der Waals surface area contributed by atoms with Crippen LogP contribution >= 0.6 is 35.0 Å². The van der Waals surface area contributed by atoms with Crippen LogP contribution in [0.15, 0.2) is 41.0 Å². The van der Waals surface area contributed by atoms with E-state index in [0.29, 0.717) is 16.6 Å². The molecule has 0 aliphatic heterocycles. The van der Waals surface area contributed by atoms with E-state index < -0.39 is 15.9 Å². The number of thioether (sulfide) groups is 1. The molecule has 0 saturated heterocycles. The molecule has 1 amide bonds. The summed E-state index contributed by atoms with van der Waals surface area (Å²) in [6, 6.07) is 8.15. The van der Waals surface area contributed by atoms with Gasteiger partial charge in [0.25, 0.3) is 0 Å². The van der Waals surface area contributed by atoms with Gasteiger partial charge in [0.1, 0.15) is 12.3 Å². The Morgan fingerprint density at radius 2 is 1.96 bits per heavy atom. The van der Waals surface area contributed by atoms with E-state index in [1.165, 1.54) is 18.2 Å². The molecular weight excluding hydrogens is 431 g/mol. The molecule has 0 radical (unpaired) electrons. The summed E-state index contributed by atoms with van der Waals surface area (Å²) in [6.07, 6.45) is 3.43. The number of hydrogen-bond donors (Lipinski definition) is 1. The summed E-state index contributed by atoms with van der Waals surface area (Å²) in [4.78, 5) is 12.2. The van der Waals surface area contributed by atoms with E-state index in [4.69, 9.17) is 27.6 Å². The fourth-order valence-corrected chi connectivity index (χ4v) is 4.45. The molecule has 0 aliphatic rings.